The molecule has 0 spiro atoms. The summed E-state index contributed by atoms with van der Waals surface area (Å²) in [5.74, 6) is 5.82. The van der Waals surface area contributed by atoms with E-state index >= 15 is 0 Å². The fourth-order valence-corrected chi connectivity index (χ4v) is 1.71. The lowest BCUT2D eigenvalue weighted by Gasteiger charge is -1.92. The maximum absolute atomic E-state index is 5.62. The average Bonchev–Trinajstić information content (AvgIpc) is 2.71. The van der Waals surface area contributed by atoms with E-state index in [9.17, 15) is 0 Å². The molecule has 0 bridgehead atoms. The van der Waals surface area contributed by atoms with Gasteiger partial charge in [0, 0.05) is 10.9 Å². The third-order valence-electron chi connectivity index (χ3n) is 1.55. The van der Waals surface area contributed by atoms with Gasteiger partial charge in [0.15, 0.2) is 5.82 Å². The summed E-state index contributed by atoms with van der Waals surface area (Å²) in [6, 6.07) is 0. The van der Waals surface area contributed by atoms with E-state index in [1.807, 2.05) is 5.38 Å². The van der Waals surface area contributed by atoms with Crippen LogP contribution in [0.2, 0.25) is 0 Å². The van der Waals surface area contributed by atoms with Crippen molar-refractivity contribution in [2.24, 2.45) is 5.84 Å². The van der Waals surface area contributed by atoms with Crippen molar-refractivity contribution in [3.63, 3.8) is 0 Å². The number of rotatable bonds is 2. The molecule has 64 valence electrons. The fraction of sp³-hybridized carbons (Fsp3) is 0. The van der Waals surface area contributed by atoms with Gasteiger partial charge in [0.1, 0.15) is 12.9 Å². The summed E-state index contributed by atoms with van der Waals surface area (Å²) in [7, 11) is 5.62. The van der Waals surface area contributed by atoms with Crippen molar-refractivity contribution in [1.29, 1.82) is 0 Å². The molecule has 0 aliphatic rings. The van der Waals surface area contributed by atoms with Crippen molar-refractivity contribution < 1.29 is 0 Å². The Balaban J connectivity index is 2.41. The summed E-state index contributed by atoms with van der Waals surface area (Å²) in [5, 5.41) is 9.03. The topological polar surface area (TPSA) is 79.6 Å². The van der Waals surface area contributed by atoms with Crippen molar-refractivity contribution in [2.75, 3.05) is 5.43 Å². The van der Waals surface area contributed by atoms with Crippen LogP contribution in [0.1, 0.15) is 0 Å². The van der Waals surface area contributed by atoms with Gasteiger partial charge in [-0.2, -0.15) is 5.10 Å². The summed E-state index contributed by atoms with van der Waals surface area (Å²) >= 11 is 1.45. The number of aromatic amines is 1. The zero-order valence-electron chi connectivity index (χ0n) is 6.61. The second-order valence-electron chi connectivity index (χ2n) is 2.38. The molecule has 2 rings (SSSR count). The van der Waals surface area contributed by atoms with Crippen LogP contribution in [-0.2, 0) is 0 Å². The number of hydrogen-bond donors (Lipinski definition) is 3. The Hall–Kier alpha value is -1.34. The highest BCUT2D eigenvalue weighted by atomic mass is 32.1. The van der Waals surface area contributed by atoms with E-state index in [0.29, 0.717) is 11.4 Å². The Morgan fingerprint density at radius 1 is 1.62 bits per heavy atom. The predicted octanol–water partition coefficient (Wildman–Crippen LogP) is -0.387. The lowest BCUT2D eigenvalue weighted by atomic mass is 10.0. The lowest BCUT2D eigenvalue weighted by Crippen LogP contribution is -2.08. The minimum Gasteiger partial charge on any atom is -0.308 e. The minimum absolute atomic E-state index is 0.512. The molecule has 0 saturated carbocycles. The van der Waals surface area contributed by atoms with Crippen LogP contribution in [0.25, 0.3) is 10.6 Å². The SMILES string of the molecule is [B]c1[nH]ncc1-c1nc(NN)cs1. The van der Waals surface area contributed by atoms with Crippen LogP contribution in [0.3, 0.4) is 0 Å². The van der Waals surface area contributed by atoms with Crippen LogP contribution in [0.15, 0.2) is 11.6 Å². The van der Waals surface area contributed by atoms with E-state index in [2.05, 4.69) is 20.6 Å². The molecule has 0 atom stereocenters. The number of nitrogens with one attached hydrogen (secondary N) is 2. The second kappa shape index (κ2) is 3.19. The maximum atomic E-state index is 5.62. The van der Waals surface area contributed by atoms with Crippen LogP contribution in [0.4, 0.5) is 5.82 Å². The maximum Gasteiger partial charge on any atom is 0.151 e. The number of anilines is 1. The molecule has 0 saturated heterocycles. The number of nitrogen functional groups attached to an aromatic ring is 1. The first kappa shape index (κ1) is 8.27. The standard InChI is InChI=1S/C6H6BN5S/c7-5-3(1-9-12-5)6-10-4(11-8)2-13-6/h1-2,11H,8H2,(H,9,12). The largest absolute Gasteiger partial charge is 0.308 e. The molecule has 2 aromatic rings. The van der Waals surface area contributed by atoms with Gasteiger partial charge >= 0.3 is 0 Å². The highest BCUT2D eigenvalue weighted by Gasteiger charge is 2.07. The number of nitrogens with two attached hydrogens (primary N) is 1. The number of nitrogens with zero attached hydrogens (tertiary/aromatic N) is 2. The van der Waals surface area contributed by atoms with Crippen molar-refractivity contribution in [3.05, 3.63) is 11.6 Å². The summed E-state index contributed by atoms with van der Waals surface area (Å²) in [6.45, 7) is 0. The van der Waals surface area contributed by atoms with E-state index < -0.39 is 0 Å². The molecule has 13 heavy (non-hydrogen) atoms. The van der Waals surface area contributed by atoms with Gasteiger partial charge in [0.05, 0.1) is 6.20 Å². The molecule has 0 unspecified atom stereocenters. The highest BCUT2D eigenvalue weighted by Crippen LogP contribution is 2.22. The number of hydrazine groups is 1. The van der Waals surface area contributed by atoms with Gasteiger partial charge in [0.2, 0.25) is 0 Å². The Kier molecular flexibility index (Phi) is 2.03. The van der Waals surface area contributed by atoms with Crippen LogP contribution in [0, 0.1) is 0 Å². The van der Waals surface area contributed by atoms with Gasteiger partial charge < -0.3 is 5.43 Å². The minimum atomic E-state index is 0.512. The molecule has 0 aromatic carbocycles. The number of H-pyrrole nitrogens is 1. The van der Waals surface area contributed by atoms with Crippen molar-refractivity contribution >= 4 is 30.6 Å². The molecule has 7 heteroatoms. The van der Waals surface area contributed by atoms with E-state index in [-0.39, 0.29) is 0 Å². The Morgan fingerprint density at radius 2 is 2.46 bits per heavy atom. The zero-order chi connectivity index (χ0) is 9.26. The molecule has 0 aliphatic heterocycles. The summed E-state index contributed by atoms with van der Waals surface area (Å²) in [5.41, 5.74) is 3.77. The molecule has 4 N–H and O–H groups in total. The molecule has 5 nitrogen and oxygen atoms in total. The summed E-state index contributed by atoms with van der Waals surface area (Å²) in [4.78, 5) is 4.17. The van der Waals surface area contributed by atoms with Crippen LogP contribution >= 0.6 is 11.3 Å². The molecule has 0 amide bonds. The van der Waals surface area contributed by atoms with E-state index in [1.54, 1.807) is 6.20 Å². The molecule has 0 fully saturated rings. The molecular formula is C6H6BN5S. The Morgan fingerprint density at radius 3 is 3.00 bits per heavy atom. The van der Waals surface area contributed by atoms with Gasteiger partial charge in [-0.05, 0) is 5.59 Å². The quantitative estimate of drug-likeness (QED) is 0.343. The van der Waals surface area contributed by atoms with Crippen molar-refractivity contribution in [3.8, 4) is 10.6 Å². The Bertz CT molecular complexity index is 409. The van der Waals surface area contributed by atoms with Crippen LogP contribution in [-0.4, -0.2) is 23.0 Å². The van der Waals surface area contributed by atoms with Gasteiger partial charge in [-0.25, -0.2) is 10.8 Å². The van der Waals surface area contributed by atoms with Gasteiger partial charge in [-0.3, -0.25) is 5.10 Å². The summed E-state index contributed by atoms with van der Waals surface area (Å²) < 4.78 is 0. The number of aromatic nitrogens is 3. The molecule has 0 aliphatic carbocycles. The monoisotopic (exact) mass is 191 g/mol. The van der Waals surface area contributed by atoms with Crippen LogP contribution in [0.5, 0.6) is 0 Å². The zero-order valence-corrected chi connectivity index (χ0v) is 7.43. The van der Waals surface area contributed by atoms with Crippen molar-refractivity contribution in [1.82, 2.24) is 15.2 Å². The Labute approximate surface area is 79.8 Å². The molecule has 2 heterocycles. The second-order valence-corrected chi connectivity index (χ2v) is 3.24. The van der Waals surface area contributed by atoms with E-state index in [1.165, 1.54) is 11.3 Å². The van der Waals surface area contributed by atoms with Crippen molar-refractivity contribution in [2.45, 2.75) is 0 Å². The smallest absolute Gasteiger partial charge is 0.151 e. The van der Waals surface area contributed by atoms with E-state index in [0.717, 1.165) is 10.6 Å². The number of thiazole rings is 1. The normalized spacial score (nSPS) is 10.2. The van der Waals surface area contributed by atoms with Gasteiger partial charge in [0.25, 0.3) is 0 Å². The third-order valence-corrected chi connectivity index (χ3v) is 2.43. The van der Waals surface area contributed by atoms with E-state index in [4.69, 9.17) is 13.7 Å². The molecule has 2 radical (unpaired) electrons. The van der Waals surface area contributed by atoms with Crippen LogP contribution < -0.4 is 16.9 Å². The third kappa shape index (κ3) is 1.43. The first-order valence-electron chi connectivity index (χ1n) is 3.52. The first-order chi connectivity index (χ1) is 6.31. The lowest BCUT2D eigenvalue weighted by molar-refractivity contribution is 1.11. The van der Waals surface area contributed by atoms with Gasteiger partial charge in [-0.1, -0.05) is 0 Å². The highest BCUT2D eigenvalue weighted by molar-refractivity contribution is 7.13. The first-order valence-corrected chi connectivity index (χ1v) is 4.40. The summed E-state index contributed by atoms with van der Waals surface area (Å²) in [6.07, 6.45) is 1.63. The average molecular weight is 191 g/mol. The fourth-order valence-electron chi connectivity index (χ4n) is 0.930. The molecule has 2 aromatic heterocycles. The predicted molar refractivity (Wildman–Crippen MR) is 52.9 cm³/mol. The number of hydrogen-bond acceptors (Lipinski definition) is 5. The molecular weight excluding hydrogens is 185 g/mol. The van der Waals surface area contributed by atoms with Gasteiger partial charge in [-0.15, -0.1) is 11.3 Å².